The van der Waals surface area contributed by atoms with Gasteiger partial charge in [-0.15, -0.1) is 0 Å². The van der Waals surface area contributed by atoms with Gasteiger partial charge in [0.2, 0.25) is 15.9 Å². The van der Waals surface area contributed by atoms with E-state index in [-0.39, 0.29) is 23.5 Å². The van der Waals surface area contributed by atoms with Crippen molar-refractivity contribution in [2.75, 3.05) is 11.9 Å². The van der Waals surface area contributed by atoms with E-state index >= 15 is 0 Å². The lowest BCUT2D eigenvalue weighted by atomic mass is 10.1. The average molecular weight is 433 g/mol. The van der Waals surface area contributed by atoms with E-state index in [9.17, 15) is 26.4 Å². The maximum atomic E-state index is 13.0. The second kappa shape index (κ2) is 7.73. The summed E-state index contributed by atoms with van der Waals surface area (Å²) in [4.78, 5) is 12.7. The monoisotopic (exact) mass is 432 g/mol. The first kappa shape index (κ1) is 20.6. The third-order valence-electron chi connectivity index (χ3n) is 4.40. The van der Waals surface area contributed by atoms with Crippen molar-refractivity contribution in [1.82, 2.24) is 4.31 Å². The number of alkyl halides is 3. The summed E-state index contributed by atoms with van der Waals surface area (Å²) in [6, 6.07) is 9.67. The Balaban J connectivity index is 1.83. The number of benzene rings is 2. The molecule has 1 saturated heterocycles. The Morgan fingerprint density at radius 2 is 1.82 bits per heavy atom. The van der Waals surface area contributed by atoms with Gasteiger partial charge in [-0.05, 0) is 43.2 Å². The van der Waals surface area contributed by atoms with Gasteiger partial charge in [0.1, 0.15) is 6.04 Å². The molecular formula is C18H16ClF3N2O3S. The molecule has 1 N–H and O–H groups in total. The molecule has 1 aliphatic heterocycles. The SMILES string of the molecule is O=C(Nc1ccc(Cl)c(C(F)(F)F)c1)C1CCCN1S(=O)(=O)c1ccccc1. The minimum Gasteiger partial charge on any atom is -0.325 e. The Kier molecular flexibility index (Phi) is 5.69. The first-order chi connectivity index (χ1) is 13.1. The summed E-state index contributed by atoms with van der Waals surface area (Å²) in [6.07, 6.45) is -3.93. The highest BCUT2D eigenvalue weighted by Gasteiger charge is 2.40. The van der Waals surface area contributed by atoms with Crippen LogP contribution in [0.25, 0.3) is 0 Å². The Bertz CT molecular complexity index is 981. The number of amides is 1. The van der Waals surface area contributed by atoms with Gasteiger partial charge < -0.3 is 5.32 Å². The van der Waals surface area contributed by atoms with Crippen LogP contribution in [0.2, 0.25) is 5.02 Å². The predicted octanol–water partition coefficient (Wildman–Crippen LogP) is 4.15. The van der Waals surface area contributed by atoms with E-state index in [1.165, 1.54) is 18.2 Å². The number of carbonyl (C=O) groups is 1. The largest absolute Gasteiger partial charge is 0.417 e. The second-order valence-electron chi connectivity index (χ2n) is 6.27. The van der Waals surface area contributed by atoms with Crippen molar-refractivity contribution in [2.24, 2.45) is 0 Å². The van der Waals surface area contributed by atoms with Gasteiger partial charge in [-0.1, -0.05) is 29.8 Å². The van der Waals surface area contributed by atoms with E-state index in [1.54, 1.807) is 18.2 Å². The molecule has 5 nitrogen and oxygen atoms in total. The van der Waals surface area contributed by atoms with Gasteiger partial charge in [-0.2, -0.15) is 17.5 Å². The Morgan fingerprint density at radius 1 is 1.14 bits per heavy atom. The molecule has 1 unspecified atom stereocenters. The molecule has 1 heterocycles. The second-order valence-corrected chi connectivity index (χ2v) is 8.57. The number of hydrogen-bond acceptors (Lipinski definition) is 3. The van der Waals surface area contributed by atoms with Crippen LogP contribution in [0, 0.1) is 0 Å². The maximum absolute atomic E-state index is 13.0. The molecule has 150 valence electrons. The van der Waals surface area contributed by atoms with Crippen molar-refractivity contribution >= 4 is 33.2 Å². The van der Waals surface area contributed by atoms with Crippen LogP contribution in [0.3, 0.4) is 0 Å². The standard InChI is InChI=1S/C18H16ClF3N2O3S/c19-15-9-8-12(11-14(15)18(20,21)22)23-17(25)16-7-4-10-24(16)28(26,27)13-5-2-1-3-6-13/h1-3,5-6,8-9,11,16H,4,7,10H2,(H,23,25). The summed E-state index contributed by atoms with van der Waals surface area (Å²) >= 11 is 5.58. The molecular weight excluding hydrogens is 417 g/mol. The van der Waals surface area contributed by atoms with E-state index in [4.69, 9.17) is 11.6 Å². The first-order valence-electron chi connectivity index (χ1n) is 8.35. The van der Waals surface area contributed by atoms with Gasteiger partial charge in [0.05, 0.1) is 15.5 Å². The normalized spacial score (nSPS) is 18.2. The lowest BCUT2D eigenvalue weighted by Crippen LogP contribution is -2.43. The molecule has 28 heavy (non-hydrogen) atoms. The van der Waals surface area contributed by atoms with Gasteiger partial charge in [0.25, 0.3) is 0 Å². The molecule has 0 radical (unpaired) electrons. The summed E-state index contributed by atoms with van der Waals surface area (Å²) < 4.78 is 65.7. The molecule has 1 amide bonds. The molecule has 2 aromatic carbocycles. The predicted molar refractivity (Wildman–Crippen MR) is 98.4 cm³/mol. The number of anilines is 1. The minimum absolute atomic E-state index is 0.0561. The van der Waals surface area contributed by atoms with Crippen LogP contribution in [-0.2, 0) is 21.0 Å². The molecule has 2 aromatic rings. The van der Waals surface area contributed by atoms with E-state index in [0.717, 1.165) is 16.4 Å². The fourth-order valence-corrected chi connectivity index (χ4v) is 4.97. The number of rotatable bonds is 4. The van der Waals surface area contributed by atoms with E-state index < -0.39 is 38.7 Å². The first-order valence-corrected chi connectivity index (χ1v) is 10.2. The van der Waals surface area contributed by atoms with Gasteiger partial charge in [0, 0.05) is 12.2 Å². The quantitative estimate of drug-likeness (QED) is 0.789. The van der Waals surface area contributed by atoms with Crippen molar-refractivity contribution in [3.63, 3.8) is 0 Å². The highest BCUT2D eigenvalue weighted by Crippen LogP contribution is 2.36. The summed E-state index contributed by atoms with van der Waals surface area (Å²) in [5, 5.41) is 1.89. The zero-order valence-corrected chi connectivity index (χ0v) is 16.0. The summed E-state index contributed by atoms with van der Waals surface area (Å²) in [7, 11) is -3.89. The lowest BCUT2D eigenvalue weighted by Gasteiger charge is -2.23. The van der Waals surface area contributed by atoms with Crippen LogP contribution < -0.4 is 5.32 Å². The van der Waals surface area contributed by atoms with Crippen molar-refractivity contribution in [3.8, 4) is 0 Å². The highest BCUT2D eigenvalue weighted by molar-refractivity contribution is 7.89. The smallest absolute Gasteiger partial charge is 0.325 e. The maximum Gasteiger partial charge on any atom is 0.417 e. The number of sulfonamides is 1. The molecule has 3 rings (SSSR count). The molecule has 0 bridgehead atoms. The number of nitrogens with zero attached hydrogens (tertiary/aromatic N) is 1. The van der Waals surface area contributed by atoms with Crippen LogP contribution in [0.5, 0.6) is 0 Å². The van der Waals surface area contributed by atoms with Crippen LogP contribution in [0.15, 0.2) is 53.4 Å². The number of hydrogen-bond donors (Lipinski definition) is 1. The molecule has 0 aliphatic carbocycles. The van der Waals surface area contributed by atoms with Crippen LogP contribution in [0.1, 0.15) is 18.4 Å². The molecule has 0 aromatic heterocycles. The average Bonchev–Trinajstić information content (AvgIpc) is 3.14. The number of nitrogens with one attached hydrogen (secondary N) is 1. The zero-order chi connectivity index (χ0) is 20.5. The summed E-state index contributed by atoms with van der Waals surface area (Å²) in [5.74, 6) is -0.688. The molecule has 1 atom stereocenters. The molecule has 0 spiro atoms. The van der Waals surface area contributed by atoms with E-state index in [2.05, 4.69) is 5.32 Å². The molecule has 1 aliphatic rings. The third-order valence-corrected chi connectivity index (χ3v) is 6.65. The van der Waals surface area contributed by atoms with Crippen LogP contribution in [-0.4, -0.2) is 31.2 Å². The van der Waals surface area contributed by atoms with Gasteiger partial charge >= 0.3 is 6.18 Å². The summed E-state index contributed by atoms with van der Waals surface area (Å²) in [5.41, 5.74) is -1.18. The fourth-order valence-electron chi connectivity index (χ4n) is 3.06. The Morgan fingerprint density at radius 3 is 2.46 bits per heavy atom. The van der Waals surface area contributed by atoms with Crippen LogP contribution in [0.4, 0.5) is 18.9 Å². The van der Waals surface area contributed by atoms with Gasteiger partial charge in [-0.3, -0.25) is 4.79 Å². The molecule has 0 saturated carbocycles. The van der Waals surface area contributed by atoms with Crippen molar-refractivity contribution < 1.29 is 26.4 Å². The Hall–Kier alpha value is -2.10. The number of carbonyl (C=O) groups excluding carboxylic acids is 1. The van der Waals surface area contributed by atoms with Gasteiger partial charge in [0.15, 0.2) is 0 Å². The van der Waals surface area contributed by atoms with Crippen molar-refractivity contribution in [1.29, 1.82) is 0 Å². The highest BCUT2D eigenvalue weighted by atomic mass is 35.5. The minimum atomic E-state index is -4.67. The Labute approximate surface area is 165 Å². The van der Waals surface area contributed by atoms with Crippen molar-refractivity contribution in [2.45, 2.75) is 30.0 Å². The van der Waals surface area contributed by atoms with Crippen LogP contribution >= 0.6 is 11.6 Å². The molecule has 1 fully saturated rings. The lowest BCUT2D eigenvalue weighted by molar-refractivity contribution is -0.137. The zero-order valence-electron chi connectivity index (χ0n) is 14.4. The van der Waals surface area contributed by atoms with Crippen molar-refractivity contribution in [3.05, 3.63) is 59.1 Å². The van der Waals surface area contributed by atoms with E-state index in [1.807, 2.05) is 0 Å². The van der Waals surface area contributed by atoms with E-state index in [0.29, 0.717) is 6.42 Å². The fraction of sp³-hybridized carbons (Fsp3) is 0.278. The third kappa shape index (κ3) is 4.16. The summed E-state index contributed by atoms with van der Waals surface area (Å²) in [6.45, 7) is 0.156. The number of halogens is 4. The van der Waals surface area contributed by atoms with Gasteiger partial charge in [-0.25, -0.2) is 8.42 Å². The molecule has 10 heteroatoms. The topological polar surface area (TPSA) is 66.5 Å².